The van der Waals surface area contributed by atoms with Crippen LogP contribution in [0.1, 0.15) is 17.6 Å². The third kappa shape index (κ3) is 3.25. The summed E-state index contributed by atoms with van der Waals surface area (Å²) in [5, 5.41) is 3.19. The van der Waals surface area contributed by atoms with Gasteiger partial charge < -0.3 is 10.5 Å². The molecule has 0 aliphatic rings. The molecule has 0 saturated carbocycles. The molecular formula is C11H21N3OS. The number of nitrogens with zero attached hydrogens (tertiary/aromatic N) is 2. The van der Waals surface area contributed by atoms with Crippen molar-refractivity contribution in [2.75, 3.05) is 27.3 Å². The summed E-state index contributed by atoms with van der Waals surface area (Å²) in [6.07, 6.45) is 0. The number of hydrogen-bond donors (Lipinski definition) is 1. The topological polar surface area (TPSA) is 51.4 Å². The van der Waals surface area contributed by atoms with Crippen molar-refractivity contribution in [3.8, 4) is 0 Å². The Morgan fingerprint density at radius 2 is 2.31 bits per heavy atom. The molecule has 5 heteroatoms. The van der Waals surface area contributed by atoms with E-state index in [9.17, 15) is 0 Å². The summed E-state index contributed by atoms with van der Waals surface area (Å²) < 4.78 is 5.22. The van der Waals surface area contributed by atoms with Crippen LogP contribution in [-0.4, -0.2) is 42.7 Å². The average molecular weight is 243 g/mol. The number of ether oxygens (including phenoxy) is 1. The van der Waals surface area contributed by atoms with Crippen LogP contribution in [0.15, 0.2) is 5.38 Å². The summed E-state index contributed by atoms with van der Waals surface area (Å²) in [6.45, 7) is 6.13. The molecule has 0 bridgehead atoms. The van der Waals surface area contributed by atoms with Crippen molar-refractivity contribution >= 4 is 11.3 Å². The smallest absolute Gasteiger partial charge is 0.0897 e. The van der Waals surface area contributed by atoms with Crippen LogP contribution in [0.25, 0.3) is 0 Å². The third-order valence-electron chi connectivity index (χ3n) is 2.88. The molecule has 1 rings (SSSR count). The van der Waals surface area contributed by atoms with Crippen LogP contribution in [0.2, 0.25) is 0 Å². The molecule has 0 fully saturated rings. The molecule has 1 unspecified atom stereocenters. The van der Waals surface area contributed by atoms with E-state index in [2.05, 4.69) is 29.2 Å². The maximum absolute atomic E-state index is 5.81. The van der Waals surface area contributed by atoms with E-state index in [1.807, 2.05) is 6.92 Å². The maximum atomic E-state index is 5.81. The minimum atomic E-state index is -0.133. The van der Waals surface area contributed by atoms with Gasteiger partial charge >= 0.3 is 0 Å². The monoisotopic (exact) mass is 243 g/mol. The number of aryl methyl sites for hydroxylation is 1. The Morgan fingerprint density at radius 1 is 1.62 bits per heavy atom. The third-order valence-corrected chi connectivity index (χ3v) is 3.70. The standard InChI is InChI=1S/C11H21N3OS/c1-9-13-10(6-16-9)5-14(3)11(2,7-12)8-15-4/h6H,5,7-8,12H2,1-4H3. The van der Waals surface area contributed by atoms with Gasteiger partial charge in [0.05, 0.1) is 22.8 Å². The van der Waals surface area contributed by atoms with E-state index < -0.39 is 0 Å². The highest BCUT2D eigenvalue weighted by atomic mass is 32.1. The van der Waals surface area contributed by atoms with Crippen molar-refractivity contribution in [1.29, 1.82) is 0 Å². The average Bonchev–Trinajstić information content (AvgIpc) is 2.64. The number of likely N-dealkylation sites (N-methyl/N-ethyl adjacent to an activating group) is 1. The van der Waals surface area contributed by atoms with E-state index in [0.717, 1.165) is 17.2 Å². The molecule has 16 heavy (non-hydrogen) atoms. The van der Waals surface area contributed by atoms with Gasteiger partial charge in [0.2, 0.25) is 0 Å². The fourth-order valence-electron chi connectivity index (χ4n) is 1.55. The Labute approximate surface area is 101 Å². The first-order valence-corrected chi connectivity index (χ1v) is 6.21. The zero-order valence-electron chi connectivity index (χ0n) is 10.5. The van der Waals surface area contributed by atoms with Crippen molar-refractivity contribution in [2.45, 2.75) is 25.9 Å². The number of nitrogens with two attached hydrogens (primary N) is 1. The first kappa shape index (κ1) is 13.6. The van der Waals surface area contributed by atoms with Gasteiger partial charge in [-0.25, -0.2) is 4.98 Å². The fourth-order valence-corrected chi connectivity index (χ4v) is 2.15. The molecule has 1 heterocycles. The predicted molar refractivity (Wildman–Crippen MR) is 67.7 cm³/mol. The molecule has 4 nitrogen and oxygen atoms in total. The molecule has 2 N–H and O–H groups in total. The van der Waals surface area contributed by atoms with Gasteiger partial charge in [0, 0.05) is 25.6 Å². The van der Waals surface area contributed by atoms with Crippen molar-refractivity contribution in [2.24, 2.45) is 5.73 Å². The zero-order chi connectivity index (χ0) is 12.2. The summed E-state index contributed by atoms with van der Waals surface area (Å²) in [6, 6.07) is 0. The molecule has 1 aromatic rings. The van der Waals surface area contributed by atoms with Gasteiger partial charge in [-0.3, -0.25) is 4.90 Å². The number of rotatable bonds is 6. The van der Waals surface area contributed by atoms with Gasteiger partial charge in [-0.15, -0.1) is 11.3 Å². The second-order valence-corrected chi connectivity index (χ2v) is 5.41. The van der Waals surface area contributed by atoms with E-state index in [4.69, 9.17) is 10.5 Å². The number of thiazole rings is 1. The quantitative estimate of drug-likeness (QED) is 0.817. The SMILES string of the molecule is COCC(C)(CN)N(C)Cc1csc(C)n1. The highest BCUT2D eigenvalue weighted by Crippen LogP contribution is 2.17. The van der Waals surface area contributed by atoms with Gasteiger partial charge in [0.15, 0.2) is 0 Å². The van der Waals surface area contributed by atoms with Crippen molar-refractivity contribution in [1.82, 2.24) is 9.88 Å². The van der Waals surface area contributed by atoms with Crippen LogP contribution in [-0.2, 0) is 11.3 Å². The first-order chi connectivity index (χ1) is 7.51. The molecule has 1 aromatic heterocycles. The van der Waals surface area contributed by atoms with Gasteiger partial charge in [-0.2, -0.15) is 0 Å². The van der Waals surface area contributed by atoms with Gasteiger partial charge in [0.25, 0.3) is 0 Å². The fraction of sp³-hybridized carbons (Fsp3) is 0.727. The second kappa shape index (κ2) is 5.72. The van der Waals surface area contributed by atoms with Crippen LogP contribution in [0, 0.1) is 6.92 Å². The van der Waals surface area contributed by atoms with Crippen LogP contribution < -0.4 is 5.73 Å². The maximum Gasteiger partial charge on any atom is 0.0897 e. The predicted octanol–water partition coefficient (Wildman–Crippen LogP) is 1.25. The zero-order valence-corrected chi connectivity index (χ0v) is 11.3. The lowest BCUT2D eigenvalue weighted by Gasteiger charge is -2.37. The highest BCUT2D eigenvalue weighted by molar-refractivity contribution is 7.09. The molecule has 0 aromatic carbocycles. The van der Waals surface area contributed by atoms with Gasteiger partial charge in [0.1, 0.15) is 0 Å². The Morgan fingerprint density at radius 3 is 2.75 bits per heavy atom. The molecule has 0 amide bonds. The van der Waals surface area contributed by atoms with E-state index >= 15 is 0 Å². The number of hydrogen-bond acceptors (Lipinski definition) is 5. The minimum absolute atomic E-state index is 0.133. The van der Waals surface area contributed by atoms with E-state index in [1.165, 1.54) is 0 Å². The number of aromatic nitrogens is 1. The van der Waals surface area contributed by atoms with Crippen LogP contribution in [0.4, 0.5) is 0 Å². The lowest BCUT2D eigenvalue weighted by molar-refractivity contribution is 0.0385. The Balaban J connectivity index is 2.65. The van der Waals surface area contributed by atoms with Crippen molar-refractivity contribution in [3.63, 3.8) is 0 Å². The minimum Gasteiger partial charge on any atom is -0.383 e. The summed E-state index contributed by atoms with van der Waals surface area (Å²) >= 11 is 1.68. The Bertz CT molecular complexity index is 329. The summed E-state index contributed by atoms with van der Waals surface area (Å²) in [5.41, 5.74) is 6.78. The molecule has 0 aliphatic carbocycles. The lowest BCUT2D eigenvalue weighted by Crippen LogP contribution is -2.52. The van der Waals surface area contributed by atoms with Crippen LogP contribution in [0.3, 0.4) is 0 Å². The molecule has 0 spiro atoms. The van der Waals surface area contributed by atoms with Gasteiger partial charge in [-0.1, -0.05) is 0 Å². The van der Waals surface area contributed by atoms with Crippen molar-refractivity contribution in [3.05, 3.63) is 16.1 Å². The Hall–Kier alpha value is -0.490. The van der Waals surface area contributed by atoms with Gasteiger partial charge in [-0.05, 0) is 20.9 Å². The summed E-state index contributed by atoms with van der Waals surface area (Å²) in [5.74, 6) is 0. The normalized spacial score (nSPS) is 15.4. The Kier molecular flexibility index (Phi) is 4.86. The van der Waals surface area contributed by atoms with Crippen LogP contribution >= 0.6 is 11.3 Å². The molecule has 0 radical (unpaired) electrons. The van der Waals surface area contributed by atoms with Crippen molar-refractivity contribution < 1.29 is 4.74 Å². The molecule has 1 atom stereocenters. The first-order valence-electron chi connectivity index (χ1n) is 5.33. The summed E-state index contributed by atoms with van der Waals surface area (Å²) in [4.78, 5) is 6.65. The van der Waals surface area contributed by atoms with Crippen LogP contribution in [0.5, 0.6) is 0 Å². The molecule has 92 valence electrons. The molecule has 0 aliphatic heterocycles. The highest BCUT2D eigenvalue weighted by Gasteiger charge is 2.28. The molecule has 0 saturated heterocycles. The largest absolute Gasteiger partial charge is 0.383 e. The lowest BCUT2D eigenvalue weighted by atomic mass is 10.0. The van der Waals surface area contributed by atoms with E-state index in [-0.39, 0.29) is 5.54 Å². The number of methoxy groups -OCH3 is 1. The van der Waals surface area contributed by atoms with E-state index in [1.54, 1.807) is 18.4 Å². The molecular weight excluding hydrogens is 222 g/mol. The summed E-state index contributed by atoms with van der Waals surface area (Å²) in [7, 11) is 3.76. The second-order valence-electron chi connectivity index (χ2n) is 4.35. The van der Waals surface area contributed by atoms with E-state index in [0.29, 0.717) is 13.2 Å².